The molecule has 0 bridgehead atoms. The van der Waals surface area contributed by atoms with Crippen molar-refractivity contribution < 1.29 is 4.79 Å². The molecular weight excluding hydrogens is 328 g/mol. The van der Waals surface area contributed by atoms with Gasteiger partial charge in [-0.1, -0.05) is 27.5 Å². The molecule has 19 heavy (non-hydrogen) atoms. The number of hydrogen-bond donors (Lipinski definition) is 0. The van der Waals surface area contributed by atoms with Gasteiger partial charge in [0.2, 0.25) is 0 Å². The van der Waals surface area contributed by atoms with Crippen LogP contribution in [0.1, 0.15) is 23.2 Å². The molecule has 2 aliphatic rings. The first-order valence-corrected chi connectivity index (χ1v) is 7.80. The summed E-state index contributed by atoms with van der Waals surface area (Å²) in [6.07, 6.45) is 2.65. The fourth-order valence-corrected chi connectivity index (χ4v) is 3.12. The SMILES string of the molecule is O=C(c1cc(Br)ccc1Cl)N1CCN(C2CC2)CC1. The van der Waals surface area contributed by atoms with Crippen molar-refractivity contribution in [3.05, 3.63) is 33.3 Å². The van der Waals surface area contributed by atoms with Crippen molar-refractivity contribution in [3.63, 3.8) is 0 Å². The number of amides is 1. The smallest absolute Gasteiger partial charge is 0.255 e. The third-order valence-corrected chi connectivity index (χ3v) is 4.65. The van der Waals surface area contributed by atoms with E-state index in [0.29, 0.717) is 10.6 Å². The Morgan fingerprint density at radius 1 is 1.21 bits per heavy atom. The molecule has 1 aromatic carbocycles. The van der Waals surface area contributed by atoms with Crippen LogP contribution >= 0.6 is 27.5 Å². The summed E-state index contributed by atoms with van der Waals surface area (Å²) in [5.74, 6) is 0.0433. The van der Waals surface area contributed by atoms with Gasteiger partial charge in [-0.25, -0.2) is 0 Å². The van der Waals surface area contributed by atoms with Gasteiger partial charge < -0.3 is 4.90 Å². The van der Waals surface area contributed by atoms with Crippen LogP contribution in [0.4, 0.5) is 0 Å². The summed E-state index contributed by atoms with van der Waals surface area (Å²) in [6, 6.07) is 6.20. The van der Waals surface area contributed by atoms with Gasteiger partial charge in [0, 0.05) is 36.7 Å². The molecule has 2 fully saturated rings. The molecule has 0 atom stereocenters. The van der Waals surface area contributed by atoms with Crippen LogP contribution in [-0.2, 0) is 0 Å². The van der Waals surface area contributed by atoms with E-state index in [1.54, 1.807) is 12.1 Å². The van der Waals surface area contributed by atoms with Crippen molar-refractivity contribution in [2.45, 2.75) is 18.9 Å². The molecule has 5 heteroatoms. The Morgan fingerprint density at radius 3 is 2.53 bits per heavy atom. The minimum absolute atomic E-state index is 0.0433. The number of halogens is 2. The fourth-order valence-electron chi connectivity index (χ4n) is 2.56. The number of carbonyl (C=O) groups is 1. The Labute approximate surface area is 126 Å². The number of hydrogen-bond acceptors (Lipinski definition) is 2. The van der Waals surface area contributed by atoms with E-state index in [1.807, 2.05) is 11.0 Å². The second-order valence-electron chi connectivity index (χ2n) is 5.18. The lowest BCUT2D eigenvalue weighted by atomic mass is 10.2. The highest BCUT2D eigenvalue weighted by Crippen LogP contribution is 2.28. The van der Waals surface area contributed by atoms with Gasteiger partial charge in [0.15, 0.2) is 0 Å². The highest BCUT2D eigenvalue weighted by molar-refractivity contribution is 9.10. The van der Waals surface area contributed by atoms with Crippen molar-refractivity contribution in [2.75, 3.05) is 26.2 Å². The topological polar surface area (TPSA) is 23.6 Å². The standard InChI is InChI=1S/C14H16BrClN2O/c15-10-1-4-13(16)12(9-10)14(19)18-7-5-17(6-8-18)11-2-3-11/h1,4,9,11H,2-3,5-8H2. The highest BCUT2D eigenvalue weighted by Gasteiger charge is 2.32. The van der Waals surface area contributed by atoms with Gasteiger partial charge in [-0.2, -0.15) is 0 Å². The molecule has 3 nitrogen and oxygen atoms in total. The van der Waals surface area contributed by atoms with Crippen molar-refractivity contribution in [3.8, 4) is 0 Å². The van der Waals surface area contributed by atoms with Gasteiger partial charge in [0.05, 0.1) is 10.6 Å². The van der Waals surface area contributed by atoms with E-state index in [-0.39, 0.29) is 5.91 Å². The molecule has 0 unspecified atom stereocenters. The zero-order valence-electron chi connectivity index (χ0n) is 10.6. The average molecular weight is 344 g/mol. The van der Waals surface area contributed by atoms with Crippen LogP contribution in [0.25, 0.3) is 0 Å². The predicted octanol–water partition coefficient (Wildman–Crippen LogP) is 3.02. The van der Waals surface area contributed by atoms with Crippen LogP contribution < -0.4 is 0 Å². The summed E-state index contributed by atoms with van der Waals surface area (Å²) in [5, 5.41) is 0.526. The molecule has 0 spiro atoms. The minimum atomic E-state index is 0.0433. The maximum Gasteiger partial charge on any atom is 0.255 e. The number of nitrogens with zero attached hydrogens (tertiary/aromatic N) is 2. The van der Waals surface area contributed by atoms with Crippen LogP contribution in [0.5, 0.6) is 0 Å². The Balaban J connectivity index is 1.68. The maximum absolute atomic E-state index is 12.5. The molecule has 3 rings (SSSR count). The van der Waals surface area contributed by atoms with Crippen molar-refractivity contribution in [1.82, 2.24) is 9.80 Å². The first-order chi connectivity index (χ1) is 9.15. The molecule has 1 saturated heterocycles. The Hall–Kier alpha value is -0.580. The summed E-state index contributed by atoms with van der Waals surface area (Å²) < 4.78 is 0.886. The molecule has 0 aromatic heterocycles. The second kappa shape index (κ2) is 5.43. The van der Waals surface area contributed by atoms with E-state index in [2.05, 4.69) is 20.8 Å². The highest BCUT2D eigenvalue weighted by atomic mass is 79.9. The molecule has 1 aliphatic heterocycles. The molecule has 0 radical (unpaired) electrons. The third-order valence-electron chi connectivity index (χ3n) is 3.82. The fraction of sp³-hybridized carbons (Fsp3) is 0.500. The van der Waals surface area contributed by atoms with Crippen LogP contribution in [0.3, 0.4) is 0 Å². The van der Waals surface area contributed by atoms with Crippen LogP contribution in [0, 0.1) is 0 Å². The largest absolute Gasteiger partial charge is 0.336 e. The number of rotatable bonds is 2. The van der Waals surface area contributed by atoms with E-state index in [1.165, 1.54) is 12.8 Å². The van der Waals surface area contributed by atoms with Gasteiger partial charge in [0.1, 0.15) is 0 Å². The van der Waals surface area contributed by atoms with E-state index in [4.69, 9.17) is 11.6 Å². The summed E-state index contributed by atoms with van der Waals surface area (Å²) in [7, 11) is 0. The summed E-state index contributed by atoms with van der Waals surface area (Å²) in [4.78, 5) is 16.9. The van der Waals surface area contributed by atoms with Crippen LogP contribution in [-0.4, -0.2) is 47.9 Å². The van der Waals surface area contributed by atoms with Gasteiger partial charge in [-0.05, 0) is 31.0 Å². The molecule has 0 N–H and O–H groups in total. The van der Waals surface area contributed by atoms with Gasteiger partial charge in [0.25, 0.3) is 5.91 Å². The van der Waals surface area contributed by atoms with Crippen LogP contribution in [0.2, 0.25) is 5.02 Å². The van der Waals surface area contributed by atoms with Gasteiger partial charge in [-0.15, -0.1) is 0 Å². The summed E-state index contributed by atoms with van der Waals surface area (Å²) in [6.45, 7) is 3.58. The Bertz CT molecular complexity index is 496. The lowest BCUT2D eigenvalue weighted by Gasteiger charge is -2.35. The van der Waals surface area contributed by atoms with Crippen molar-refractivity contribution in [1.29, 1.82) is 0 Å². The maximum atomic E-state index is 12.5. The van der Waals surface area contributed by atoms with Crippen molar-refractivity contribution >= 4 is 33.4 Å². The number of benzene rings is 1. The summed E-state index contributed by atoms with van der Waals surface area (Å²) in [5.41, 5.74) is 0.593. The normalized spacial score (nSPS) is 20.6. The van der Waals surface area contributed by atoms with E-state index >= 15 is 0 Å². The van der Waals surface area contributed by atoms with Gasteiger partial charge >= 0.3 is 0 Å². The summed E-state index contributed by atoms with van der Waals surface area (Å²) >= 11 is 9.51. The minimum Gasteiger partial charge on any atom is -0.336 e. The molecule has 1 saturated carbocycles. The second-order valence-corrected chi connectivity index (χ2v) is 6.51. The van der Waals surface area contributed by atoms with E-state index in [9.17, 15) is 4.79 Å². The first-order valence-electron chi connectivity index (χ1n) is 6.63. The zero-order valence-corrected chi connectivity index (χ0v) is 13.0. The molecular formula is C14H16BrClN2O. The Kier molecular flexibility index (Phi) is 3.83. The lowest BCUT2D eigenvalue weighted by Crippen LogP contribution is -2.49. The lowest BCUT2D eigenvalue weighted by molar-refractivity contribution is 0.0627. The van der Waals surface area contributed by atoms with Crippen molar-refractivity contribution in [2.24, 2.45) is 0 Å². The predicted molar refractivity (Wildman–Crippen MR) is 79.7 cm³/mol. The van der Waals surface area contributed by atoms with E-state index < -0.39 is 0 Å². The molecule has 102 valence electrons. The Morgan fingerprint density at radius 2 is 1.89 bits per heavy atom. The monoisotopic (exact) mass is 342 g/mol. The quantitative estimate of drug-likeness (QED) is 0.824. The number of carbonyl (C=O) groups excluding carboxylic acids is 1. The molecule has 1 aliphatic carbocycles. The van der Waals surface area contributed by atoms with E-state index in [0.717, 1.165) is 36.7 Å². The number of piperazine rings is 1. The van der Waals surface area contributed by atoms with Crippen LogP contribution in [0.15, 0.2) is 22.7 Å². The molecule has 1 amide bonds. The zero-order chi connectivity index (χ0) is 13.4. The molecule has 1 heterocycles. The molecule has 1 aromatic rings. The first kappa shape index (κ1) is 13.4. The third kappa shape index (κ3) is 2.96. The van der Waals surface area contributed by atoms with Gasteiger partial charge in [-0.3, -0.25) is 9.69 Å². The average Bonchev–Trinajstić information content (AvgIpc) is 3.25.